The van der Waals surface area contributed by atoms with Gasteiger partial charge in [-0.15, -0.1) is 0 Å². The molecule has 1 N–H and O–H groups in total. The molecule has 1 saturated carbocycles. The van der Waals surface area contributed by atoms with Gasteiger partial charge in [-0.05, 0) is 53.1 Å². The minimum Gasteiger partial charge on any atom is -0.465 e. The van der Waals surface area contributed by atoms with E-state index in [0.717, 1.165) is 25.9 Å². The van der Waals surface area contributed by atoms with E-state index in [4.69, 9.17) is 4.74 Å². The van der Waals surface area contributed by atoms with Crippen molar-refractivity contribution in [2.75, 3.05) is 26.7 Å². The second-order valence-corrected chi connectivity index (χ2v) is 6.15. The van der Waals surface area contributed by atoms with Crippen LogP contribution in [0.4, 0.5) is 0 Å². The molecule has 1 unspecified atom stereocenters. The van der Waals surface area contributed by atoms with E-state index in [2.05, 4.69) is 24.2 Å². The first-order valence-electron chi connectivity index (χ1n) is 8.16. The van der Waals surface area contributed by atoms with Crippen molar-refractivity contribution in [1.82, 2.24) is 10.2 Å². The maximum atomic E-state index is 12.2. The molecule has 118 valence electrons. The van der Waals surface area contributed by atoms with Gasteiger partial charge in [-0.2, -0.15) is 0 Å². The van der Waals surface area contributed by atoms with Crippen molar-refractivity contribution >= 4 is 5.97 Å². The van der Waals surface area contributed by atoms with Crippen LogP contribution in [0.3, 0.4) is 0 Å². The quantitative estimate of drug-likeness (QED) is 0.661. The first kappa shape index (κ1) is 17.4. The third kappa shape index (κ3) is 5.06. The molecule has 1 rings (SSSR count). The fourth-order valence-corrected chi connectivity index (χ4v) is 2.88. The maximum absolute atomic E-state index is 12.2. The molecule has 0 radical (unpaired) electrons. The maximum Gasteiger partial charge on any atom is 0.326 e. The number of carbonyl (C=O) groups is 1. The predicted molar refractivity (Wildman–Crippen MR) is 82.8 cm³/mol. The predicted octanol–water partition coefficient (Wildman–Crippen LogP) is 2.57. The molecule has 0 heterocycles. The third-order valence-corrected chi connectivity index (χ3v) is 4.40. The van der Waals surface area contributed by atoms with Crippen LogP contribution in [0, 0.1) is 0 Å². The minimum atomic E-state index is -0.557. The van der Waals surface area contributed by atoms with Crippen molar-refractivity contribution in [2.24, 2.45) is 0 Å². The van der Waals surface area contributed by atoms with Gasteiger partial charge in [0.1, 0.15) is 5.54 Å². The molecule has 0 aliphatic heterocycles. The van der Waals surface area contributed by atoms with Crippen molar-refractivity contribution in [1.29, 1.82) is 0 Å². The minimum absolute atomic E-state index is 0.117. The molecular weight excluding hydrogens is 252 g/mol. The topological polar surface area (TPSA) is 41.6 Å². The fourth-order valence-electron chi connectivity index (χ4n) is 2.88. The monoisotopic (exact) mass is 284 g/mol. The molecular formula is C16H32N2O2. The van der Waals surface area contributed by atoms with Crippen molar-refractivity contribution in [3.05, 3.63) is 0 Å². The smallest absolute Gasteiger partial charge is 0.326 e. The lowest BCUT2D eigenvalue weighted by Crippen LogP contribution is -2.52. The van der Waals surface area contributed by atoms with E-state index in [1.165, 1.54) is 25.7 Å². The Kier molecular flexibility index (Phi) is 7.52. The van der Waals surface area contributed by atoms with Crippen molar-refractivity contribution in [3.63, 3.8) is 0 Å². The van der Waals surface area contributed by atoms with E-state index in [1.54, 1.807) is 0 Å². The molecule has 0 bridgehead atoms. The van der Waals surface area contributed by atoms with Gasteiger partial charge in [-0.25, -0.2) is 0 Å². The standard InChI is InChI=1S/C16H32N2O2/c1-5-12-17-16(3,15(19)20-6-2)11-13-18(4)14-9-7-8-10-14/h14,17H,5-13H2,1-4H3. The molecule has 20 heavy (non-hydrogen) atoms. The van der Waals surface area contributed by atoms with E-state index in [1.807, 2.05) is 13.8 Å². The number of nitrogens with one attached hydrogen (secondary N) is 1. The van der Waals surface area contributed by atoms with Gasteiger partial charge in [-0.1, -0.05) is 19.8 Å². The highest BCUT2D eigenvalue weighted by Crippen LogP contribution is 2.23. The Labute approximate surface area is 124 Å². The van der Waals surface area contributed by atoms with E-state index in [0.29, 0.717) is 12.6 Å². The summed E-state index contributed by atoms with van der Waals surface area (Å²) in [4.78, 5) is 14.6. The van der Waals surface area contributed by atoms with Gasteiger partial charge in [0.15, 0.2) is 0 Å². The Bertz CT molecular complexity index is 290. The summed E-state index contributed by atoms with van der Waals surface area (Å²) in [5.74, 6) is -0.117. The van der Waals surface area contributed by atoms with Gasteiger partial charge in [0.2, 0.25) is 0 Å². The molecule has 0 aromatic rings. The lowest BCUT2D eigenvalue weighted by atomic mass is 9.96. The third-order valence-electron chi connectivity index (χ3n) is 4.40. The number of carbonyl (C=O) groups excluding carboxylic acids is 1. The van der Waals surface area contributed by atoms with Crippen LogP contribution < -0.4 is 5.32 Å². The van der Waals surface area contributed by atoms with Crippen molar-refractivity contribution < 1.29 is 9.53 Å². The summed E-state index contributed by atoms with van der Waals surface area (Å²) in [6.07, 6.45) is 7.12. The van der Waals surface area contributed by atoms with Gasteiger partial charge in [0, 0.05) is 12.6 Å². The molecule has 0 aromatic heterocycles. The average Bonchev–Trinajstić information content (AvgIpc) is 2.97. The largest absolute Gasteiger partial charge is 0.465 e. The summed E-state index contributed by atoms with van der Waals surface area (Å²) in [5, 5.41) is 3.38. The van der Waals surface area contributed by atoms with Gasteiger partial charge < -0.3 is 15.0 Å². The van der Waals surface area contributed by atoms with Crippen LogP contribution in [0.15, 0.2) is 0 Å². The molecule has 1 aliphatic carbocycles. The van der Waals surface area contributed by atoms with E-state index >= 15 is 0 Å². The highest BCUT2D eigenvalue weighted by atomic mass is 16.5. The Hall–Kier alpha value is -0.610. The van der Waals surface area contributed by atoms with Gasteiger partial charge >= 0.3 is 5.97 Å². The summed E-state index contributed by atoms with van der Waals surface area (Å²) in [6, 6.07) is 0.702. The molecule has 4 heteroatoms. The zero-order valence-corrected chi connectivity index (χ0v) is 13.7. The molecule has 0 aromatic carbocycles. The molecule has 1 atom stereocenters. The van der Waals surface area contributed by atoms with E-state index in [9.17, 15) is 4.79 Å². The van der Waals surface area contributed by atoms with Crippen LogP contribution >= 0.6 is 0 Å². The zero-order chi connectivity index (χ0) is 15.0. The Morgan fingerprint density at radius 3 is 2.55 bits per heavy atom. The lowest BCUT2D eigenvalue weighted by molar-refractivity contribution is -0.151. The molecule has 1 fully saturated rings. The second kappa shape index (κ2) is 8.63. The molecule has 0 saturated heterocycles. The van der Waals surface area contributed by atoms with Crippen molar-refractivity contribution in [2.45, 2.75) is 70.9 Å². The summed E-state index contributed by atoms with van der Waals surface area (Å²) in [6.45, 7) is 8.19. The first-order valence-corrected chi connectivity index (χ1v) is 8.16. The fraction of sp³-hybridized carbons (Fsp3) is 0.938. The SMILES string of the molecule is CCCNC(C)(CCN(C)C1CCCC1)C(=O)OCC. The van der Waals surface area contributed by atoms with Crippen LogP contribution in [-0.2, 0) is 9.53 Å². The van der Waals surface area contributed by atoms with Crippen LogP contribution in [-0.4, -0.2) is 49.2 Å². The van der Waals surface area contributed by atoms with Gasteiger partial charge in [0.25, 0.3) is 0 Å². The van der Waals surface area contributed by atoms with E-state index < -0.39 is 5.54 Å². The second-order valence-electron chi connectivity index (χ2n) is 6.15. The highest BCUT2D eigenvalue weighted by molar-refractivity contribution is 5.80. The lowest BCUT2D eigenvalue weighted by Gasteiger charge is -2.32. The van der Waals surface area contributed by atoms with Gasteiger partial charge in [-0.3, -0.25) is 4.79 Å². The van der Waals surface area contributed by atoms with Crippen LogP contribution in [0.2, 0.25) is 0 Å². The molecule has 0 amide bonds. The van der Waals surface area contributed by atoms with E-state index in [-0.39, 0.29) is 5.97 Å². The summed E-state index contributed by atoms with van der Waals surface area (Å²) in [5.41, 5.74) is -0.557. The summed E-state index contributed by atoms with van der Waals surface area (Å²) >= 11 is 0. The summed E-state index contributed by atoms with van der Waals surface area (Å²) in [7, 11) is 2.18. The number of hydrogen-bond acceptors (Lipinski definition) is 4. The molecule has 4 nitrogen and oxygen atoms in total. The first-order chi connectivity index (χ1) is 9.53. The van der Waals surface area contributed by atoms with Gasteiger partial charge in [0.05, 0.1) is 6.61 Å². The number of nitrogens with zero attached hydrogens (tertiary/aromatic N) is 1. The summed E-state index contributed by atoms with van der Waals surface area (Å²) < 4.78 is 5.24. The van der Waals surface area contributed by atoms with Crippen molar-refractivity contribution in [3.8, 4) is 0 Å². The number of esters is 1. The number of rotatable bonds is 9. The zero-order valence-electron chi connectivity index (χ0n) is 13.7. The molecule has 1 aliphatic rings. The Balaban J connectivity index is 2.52. The normalized spacial score (nSPS) is 19.2. The van der Waals surface area contributed by atoms with Crippen LogP contribution in [0.25, 0.3) is 0 Å². The number of ether oxygens (including phenoxy) is 1. The molecule has 0 spiro atoms. The number of hydrogen-bond donors (Lipinski definition) is 1. The van der Waals surface area contributed by atoms with Crippen LogP contribution in [0.1, 0.15) is 59.3 Å². The average molecular weight is 284 g/mol. The van der Waals surface area contributed by atoms with Crippen LogP contribution in [0.5, 0.6) is 0 Å². The Morgan fingerprint density at radius 2 is 2.00 bits per heavy atom. The Morgan fingerprint density at radius 1 is 1.35 bits per heavy atom. The highest BCUT2D eigenvalue weighted by Gasteiger charge is 2.34.